The Bertz CT molecular complexity index is 1060. The Morgan fingerprint density at radius 1 is 1.14 bits per heavy atom. The van der Waals surface area contributed by atoms with Crippen molar-refractivity contribution < 1.29 is 9.53 Å². The van der Waals surface area contributed by atoms with Crippen LogP contribution in [-0.2, 0) is 4.79 Å². The number of aryl methyl sites for hydroxylation is 1. The number of hydrogen-bond acceptors (Lipinski definition) is 7. The summed E-state index contributed by atoms with van der Waals surface area (Å²) in [5.74, 6) is -0.0215. The van der Waals surface area contributed by atoms with E-state index in [2.05, 4.69) is 15.3 Å². The molecule has 140 valence electrons. The molecule has 1 amide bonds. The molecule has 0 aliphatic rings. The number of nitrogens with zero attached hydrogens (tertiary/aromatic N) is 3. The third-order valence-corrected chi connectivity index (χ3v) is 3.90. The molecule has 0 spiro atoms. The summed E-state index contributed by atoms with van der Waals surface area (Å²) in [7, 11) is 0. The van der Waals surface area contributed by atoms with Crippen molar-refractivity contribution >= 4 is 23.4 Å². The van der Waals surface area contributed by atoms with Crippen LogP contribution in [0.1, 0.15) is 11.1 Å². The van der Waals surface area contributed by atoms with Crippen molar-refractivity contribution in [2.45, 2.75) is 6.92 Å². The summed E-state index contributed by atoms with van der Waals surface area (Å²) >= 11 is 0. The molecule has 0 saturated heterocycles. The van der Waals surface area contributed by atoms with Gasteiger partial charge in [-0.15, -0.1) is 0 Å². The Morgan fingerprint density at radius 3 is 2.57 bits per heavy atom. The molecule has 8 heteroatoms. The molecule has 0 aliphatic heterocycles. The number of nitrogens with two attached hydrogens (primary N) is 2. The Balaban J connectivity index is 1.81. The average Bonchev–Trinajstić information content (AvgIpc) is 2.68. The molecule has 28 heavy (non-hydrogen) atoms. The highest BCUT2D eigenvalue weighted by atomic mass is 16.5. The summed E-state index contributed by atoms with van der Waals surface area (Å²) < 4.78 is 5.67. The zero-order valence-corrected chi connectivity index (χ0v) is 15.1. The zero-order chi connectivity index (χ0) is 20.1. The fraction of sp³-hybridized carbons (Fsp3) is 0.100. The smallest absolute Gasteiger partial charge is 0.262 e. The van der Waals surface area contributed by atoms with Gasteiger partial charge in [-0.25, -0.2) is 4.98 Å². The van der Waals surface area contributed by atoms with Gasteiger partial charge in [-0.3, -0.25) is 4.79 Å². The van der Waals surface area contributed by atoms with E-state index < -0.39 is 0 Å². The first kappa shape index (κ1) is 18.7. The number of benzene rings is 2. The van der Waals surface area contributed by atoms with Gasteiger partial charge >= 0.3 is 0 Å². The van der Waals surface area contributed by atoms with Crippen LogP contribution in [0.3, 0.4) is 0 Å². The van der Waals surface area contributed by atoms with Gasteiger partial charge in [0.15, 0.2) is 6.61 Å². The Hall–Kier alpha value is -4.12. The van der Waals surface area contributed by atoms with Crippen LogP contribution >= 0.6 is 0 Å². The van der Waals surface area contributed by atoms with Gasteiger partial charge in [0.1, 0.15) is 23.2 Å². The molecule has 3 rings (SSSR count). The lowest BCUT2D eigenvalue weighted by molar-refractivity contribution is -0.118. The van der Waals surface area contributed by atoms with Gasteiger partial charge in [0, 0.05) is 11.3 Å². The molecule has 0 radical (unpaired) electrons. The van der Waals surface area contributed by atoms with Crippen LogP contribution in [0.15, 0.2) is 48.5 Å². The first-order chi connectivity index (χ1) is 13.5. The second-order valence-electron chi connectivity index (χ2n) is 6.00. The van der Waals surface area contributed by atoms with E-state index in [9.17, 15) is 10.1 Å². The van der Waals surface area contributed by atoms with Crippen molar-refractivity contribution in [2.75, 3.05) is 23.4 Å². The van der Waals surface area contributed by atoms with E-state index in [-0.39, 0.29) is 35.5 Å². The minimum atomic E-state index is -0.319. The number of para-hydroxylation sites is 1. The monoisotopic (exact) mass is 374 g/mol. The summed E-state index contributed by atoms with van der Waals surface area (Å²) in [4.78, 5) is 20.1. The van der Waals surface area contributed by atoms with Crippen molar-refractivity contribution in [1.82, 2.24) is 9.97 Å². The minimum Gasteiger partial charge on any atom is -0.483 e. The second kappa shape index (κ2) is 8.05. The van der Waals surface area contributed by atoms with Crippen LogP contribution < -0.4 is 21.5 Å². The molecule has 1 aromatic heterocycles. The predicted molar refractivity (Wildman–Crippen MR) is 106 cm³/mol. The predicted octanol–water partition coefficient (Wildman–Crippen LogP) is 2.51. The van der Waals surface area contributed by atoms with E-state index >= 15 is 0 Å². The molecule has 0 aliphatic carbocycles. The van der Waals surface area contributed by atoms with E-state index in [1.807, 2.05) is 37.3 Å². The highest BCUT2D eigenvalue weighted by Gasteiger charge is 2.17. The molecular weight excluding hydrogens is 356 g/mol. The molecule has 8 nitrogen and oxygen atoms in total. The van der Waals surface area contributed by atoms with Crippen LogP contribution in [0.5, 0.6) is 5.75 Å². The number of ether oxygens (including phenoxy) is 1. The van der Waals surface area contributed by atoms with Crippen LogP contribution in [0, 0.1) is 18.3 Å². The van der Waals surface area contributed by atoms with E-state index in [1.54, 1.807) is 24.3 Å². The number of anilines is 3. The number of carbonyl (C=O) groups excluding carboxylic acids is 1. The van der Waals surface area contributed by atoms with Crippen molar-refractivity contribution in [2.24, 2.45) is 0 Å². The third kappa shape index (κ3) is 4.16. The lowest BCUT2D eigenvalue weighted by Crippen LogP contribution is -2.20. The highest BCUT2D eigenvalue weighted by Crippen LogP contribution is 2.32. The quantitative estimate of drug-likeness (QED) is 0.623. The Morgan fingerprint density at radius 2 is 1.86 bits per heavy atom. The van der Waals surface area contributed by atoms with Crippen molar-refractivity contribution in [1.29, 1.82) is 5.26 Å². The van der Waals surface area contributed by atoms with Gasteiger partial charge in [-0.05, 0) is 31.2 Å². The molecule has 2 aromatic carbocycles. The van der Waals surface area contributed by atoms with Gasteiger partial charge in [-0.1, -0.05) is 29.8 Å². The van der Waals surface area contributed by atoms with Crippen LogP contribution in [0.25, 0.3) is 11.3 Å². The number of hydrogen-bond donors (Lipinski definition) is 3. The fourth-order valence-electron chi connectivity index (χ4n) is 2.57. The van der Waals surface area contributed by atoms with Crippen LogP contribution in [0.4, 0.5) is 17.5 Å². The van der Waals surface area contributed by atoms with Crippen LogP contribution in [-0.4, -0.2) is 22.5 Å². The number of aromatic nitrogens is 2. The summed E-state index contributed by atoms with van der Waals surface area (Å²) in [5, 5.41) is 12.1. The maximum absolute atomic E-state index is 12.2. The third-order valence-electron chi connectivity index (χ3n) is 3.90. The number of rotatable bonds is 5. The summed E-state index contributed by atoms with van der Waals surface area (Å²) in [6.07, 6.45) is 0. The highest BCUT2D eigenvalue weighted by molar-refractivity contribution is 5.92. The second-order valence-corrected chi connectivity index (χ2v) is 6.00. The number of nitrogens with one attached hydrogen (secondary N) is 1. The average molecular weight is 374 g/mol. The summed E-state index contributed by atoms with van der Waals surface area (Å²) in [5.41, 5.74) is 14.1. The molecular formula is C20H18N6O2. The molecule has 0 bridgehead atoms. The molecule has 0 unspecified atom stereocenters. The standard InChI is InChI=1S/C20H18N6O2/c1-12-6-8-13(9-7-12)24-17(27)11-28-16-5-3-2-4-14(16)18-15(10-21)19(22)26-20(23)25-18/h2-9H,11H2,1H3,(H,24,27)(H4,22,23,25,26). The molecule has 3 aromatic rings. The molecule has 0 atom stereocenters. The van der Waals surface area contributed by atoms with Gasteiger partial charge in [0.25, 0.3) is 5.91 Å². The summed E-state index contributed by atoms with van der Waals surface area (Å²) in [6.45, 7) is 1.75. The normalized spacial score (nSPS) is 10.1. The molecule has 5 N–H and O–H groups in total. The fourth-order valence-corrected chi connectivity index (χ4v) is 2.57. The van der Waals surface area contributed by atoms with E-state index in [4.69, 9.17) is 16.2 Å². The zero-order valence-electron chi connectivity index (χ0n) is 15.1. The summed E-state index contributed by atoms with van der Waals surface area (Å²) in [6, 6.07) is 16.3. The topological polar surface area (TPSA) is 140 Å². The van der Waals surface area contributed by atoms with Crippen LogP contribution in [0.2, 0.25) is 0 Å². The first-order valence-corrected chi connectivity index (χ1v) is 8.39. The number of nitriles is 1. The molecule has 0 fully saturated rings. The van der Waals surface area contributed by atoms with Gasteiger partial charge in [-0.2, -0.15) is 10.2 Å². The number of nitrogen functional groups attached to an aromatic ring is 2. The number of carbonyl (C=O) groups is 1. The van der Waals surface area contributed by atoms with E-state index in [0.717, 1.165) is 5.56 Å². The van der Waals surface area contributed by atoms with Gasteiger partial charge in [0.05, 0.1) is 5.69 Å². The van der Waals surface area contributed by atoms with Gasteiger partial charge < -0.3 is 21.5 Å². The first-order valence-electron chi connectivity index (χ1n) is 8.39. The van der Waals surface area contributed by atoms with Gasteiger partial charge in [0.2, 0.25) is 5.95 Å². The Labute approximate surface area is 161 Å². The lowest BCUT2D eigenvalue weighted by Gasteiger charge is -2.13. The SMILES string of the molecule is Cc1ccc(NC(=O)COc2ccccc2-c2nc(N)nc(N)c2C#N)cc1. The van der Waals surface area contributed by atoms with E-state index in [1.165, 1.54) is 0 Å². The largest absolute Gasteiger partial charge is 0.483 e. The molecule has 1 heterocycles. The number of amides is 1. The van der Waals surface area contributed by atoms with Crippen molar-refractivity contribution in [3.63, 3.8) is 0 Å². The van der Waals surface area contributed by atoms with Crippen molar-refractivity contribution in [3.8, 4) is 23.1 Å². The Kier molecular flexibility index (Phi) is 5.37. The van der Waals surface area contributed by atoms with Crippen molar-refractivity contribution in [3.05, 3.63) is 59.7 Å². The lowest BCUT2D eigenvalue weighted by atomic mass is 10.1. The minimum absolute atomic E-state index is 0.0167. The maximum atomic E-state index is 12.2. The maximum Gasteiger partial charge on any atom is 0.262 e. The molecule has 0 saturated carbocycles. The van der Waals surface area contributed by atoms with E-state index in [0.29, 0.717) is 17.0 Å².